The summed E-state index contributed by atoms with van der Waals surface area (Å²) < 4.78 is 0. The van der Waals surface area contributed by atoms with Gasteiger partial charge in [-0.15, -0.1) is 0 Å². The van der Waals surface area contributed by atoms with Crippen molar-refractivity contribution in [1.29, 1.82) is 0 Å². The molecular weight excluding hydrogens is 370 g/mol. The molecule has 3 nitrogen and oxygen atoms in total. The first kappa shape index (κ1) is 18.3. The van der Waals surface area contributed by atoms with Gasteiger partial charge in [-0.3, -0.25) is 4.79 Å². The topological polar surface area (TPSA) is 40.5 Å². The number of aliphatic hydroxyl groups is 1. The molecule has 0 aliphatic carbocycles. The van der Waals surface area contributed by atoms with Crippen LogP contribution < -0.4 is 0 Å². The Morgan fingerprint density at radius 1 is 0.929 bits per heavy atom. The van der Waals surface area contributed by atoms with Crippen molar-refractivity contribution < 1.29 is 9.90 Å². The summed E-state index contributed by atoms with van der Waals surface area (Å²) in [5, 5.41) is 11.4. The first-order valence-electron chi connectivity index (χ1n) is 9.15. The average molecular weight is 390 g/mol. The van der Waals surface area contributed by atoms with Crippen molar-refractivity contribution in [3.8, 4) is 0 Å². The lowest BCUT2D eigenvalue weighted by Gasteiger charge is -2.27. The van der Waals surface area contributed by atoms with E-state index in [-0.39, 0.29) is 17.7 Å². The van der Waals surface area contributed by atoms with Gasteiger partial charge in [-0.2, -0.15) is 0 Å². The van der Waals surface area contributed by atoms with Gasteiger partial charge in [0.05, 0.1) is 6.04 Å². The van der Waals surface area contributed by atoms with Crippen molar-refractivity contribution in [3.63, 3.8) is 0 Å². The maximum atomic E-state index is 13.0. The van der Waals surface area contributed by atoms with Gasteiger partial charge in [0.2, 0.25) is 0 Å². The molecule has 4 rings (SSSR count). The highest BCUT2D eigenvalue weighted by Crippen LogP contribution is 2.43. The number of carbonyl (C=O) groups excluding carboxylic acids is 1. The van der Waals surface area contributed by atoms with Gasteiger partial charge in [-0.1, -0.05) is 83.9 Å². The Balaban J connectivity index is 1.81. The number of amides is 1. The lowest BCUT2D eigenvalue weighted by atomic mass is 9.93. The number of rotatable bonds is 4. The Hall–Kier alpha value is -3.04. The molecule has 0 aromatic heterocycles. The highest BCUT2D eigenvalue weighted by Gasteiger charge is 2.40. The molecule has 0 radical (unpaired) electrons. The molecule has 0 saturated carbocycles. The summed E-state index contributed by atoms with van der Waals surface area (Å²) in [6, 6.07) is 24.7. The largest absolute Gasteiger partial charge is 0.503 e. The van der Waals surface area contributed by atoms with Crippen LogP contribution in [0.5, 0.6) is 0 Å². The highest BCUT2D eigenvalue weighted by atomic mass is 35.5. The lowest BCUT2D eigenvalue weighted by Crippen LogP contribution is -2.29. The molecule has 140 valence electrons. The zero-order chi connectivity index (χ0) is 19.7. The van der Waals surface area contributed by atoms with Gasteiger partial charge in [0.1, 0.15) is 0 Å². The van der Waals surface area contributed by atoms with E-state index in [0.717, 1.165) is 22.3 Å². The molecule has 0 bridgehead atoms. The third-order valence-corrected chi connectivity index (χ3v) is 5.30. The molecule has 0 fully saturated rings. The summed E-state index contributed by atoms with van der Waals surface area (Å²) in [5.41, 5.74) is 4.51. The standard InChI is InChI=1S/C24H20ClNO2/c1-16-7-9-18(10-8-16)21-22(19-11-13-20(25)14-12-19)26(24(28)23(21)27)15-17-5-3-2-4-6-17/h2-14,22,27H,15H2,1H3/t22-/m1/s1. The van der Waals surface area contributed by atoms with Crippen molar-refractivity contribution in [1.82, 2.24) is 4.90 Å². The summed E-state index contributed by atoms with van der Waals surface area (Å²) in [4.78, 5) is 14.7. The normalized spacial score (nSPS) is 16.7. The molecule has 1 atom stereocenters. The number of nitrogens with zero attached hydrogens (tertiary/aromatic N) is 1. The van der Waals surface area contributed by atoms with Crippen LogP contribution in [-0.2, 0) is 11.3 Å². The first-order chi connectivity index (χ1) is 13.5. The smallest absolute Gasteiger partial charge is 0.290 e. The Morgan fingerprint density at radius 2 is 1.57 bits per heavy atom. The van der Waals surface area contributed by atoms with Crippen molar-refractivity contribution in [2.75, 3.05) is 0 Å². The van der Waals surface area contributed by atoms with Gasteiger partial charge < -0.3 is 10.0 Å². The highest BCUT2D eigenvalue weighted by molar-refractivity contribution is 6.30. The average Bonchev–Trinajstić information content (AvgIpc) is 2.95. The summed E-state index contributed by atoms with van der Waals surface area (Å²) in [7, 11) is 0. The van der Waals surface area contributed by atoms with E-state index in [4.69, 9.17) is 11.6 Å². The van der Waals surface area contributed by atoms with Gasteiger partial charge in [0.15, 0.2) is 5.76 Å². The fourth-order valence-corrected chi connectivity index (χ4v) is 3.74. The molecule has 28 heavy (non-hydrogen) atoms. The molecular formula is C24H20ClNO2. The maximum Gasteiger partial charge on any atom is 0.290 e. The first-order valence-corrected chi connectivity index (χ1v) is 9.53. The van der Waals surface area contributed by atoms with E-state index >= 15 is 0 Å². The molecule has 0 spiro atoms. The Kier molecular flexibility index (Phi) is 4.93. The summed E-state index contributed by atoms with van der Waals surface area (Å²) >= 11 is 6.07. The van der Waals surface area contributed by atoms with E-state index in [1.165, 1.54) is 0 Å². The number of aliphatic hydroxyl groups excluding tert-OH is 1. The van der Waals surface area contributed by atoms with Crippen LogP contribution in [0.2, 0.25) is 5.02 Å². The summed E-state index contributed by atoms with van der Waals surface area (Å²) in [5.74, 6) is -0.556. The maximum absolute atomic E-state index is 13.0. The predicted molar refractivity (Wildman–Crippen MR) is 112 cm³/mol. The molecule has 4 heteroatoms. The number of hydrogen-bond donors (Lipinski definition) is 1. The number of carbonyl (C=O) groups is 1. The molecule has 1 amide bonds. The van der Waals surface area contributed by atoms with Crippen molar-refractivity contribution in [2.45, 2.75) is 19.5 Å². The van der Waals surface area contributed by atoms with Crippen LogP contribution in [0, 0.1) is 6.92 Å². The van der Waals surface area contributed by atoms with Crippen molar-refractivity contribution in [2.24, 2.45) is 0 Å². The van der Waals surface area contributed by atoms with Crippen LogP contribution in [0.1, 0.15) is 28.3 Å². The minimum atomic E-state index is -0.382. The van der Waals surface area contributed by atoms with Crippen molar-refractivity contribution in [3.05, 3.63) is 112 Å². The zero-order valence-corrected chi connectivity index (χ0v) is 16.2. The number of hydrogen-bond acceptors (Lipinski definition) is 2. The molecule has 1 aliphatic heterocycles. The Bertz CT molecular complexity index is 1020. The summed E-state index contributed by atoms with van der Waals surface area (Å²) in [6.45, 7) is 2.42. The number of aryl methyl sites for hydroxylation is 1. The SMILES string of the molecule is Cc1ccc(C2=C(O)C(=O)N(Cc3ccccc3)[C@@H]2c2ccc(Cl)cc2)cc1. The predicted octanol–water partition coefficient (Wildman–Crippen LogP) is 5.70. The van der Waals surface area contributed by atoms with E-state index < -0.39 is 0 Å². The van der Waals surface area contributed by atoms with Crippen LogP contribution in [0.15, 0.2) is 84.6 Å². The monoisotopic (exact) mass is 389 g/mol. The fraction of sp³-hybridized carbons (Fsp3) is 0.125. The van der Waals surface area contributed by atoms with E-state index in [0.29, 0.717) is 17.1 Å². The fourth-order valence-electron chi connectivity index (χ4n) is 3.62. The third-order valence-electron chi connectivity index (χ3n) is 5.05. The van der Waals surface area contributed by atoms with Gasteiger partial charge >= 0.3 is 0 Å². The molecule has 3 aromatic carbocycles. The number of benzene rings is 3. The molecule has 0 saturated heterocycles. The third kappa shape index (κ3) is 3.41. The van der Waals surface area contributed by atoms with Crippen LogP contribution >= 0.6 is 11.6 Å². The minimum Gasteiger partial charge on any atom is -0.503 e. The van der Waals surface area contributed by atoms with E-state index in [1.54, 1.807) is 4.90 Å². The quantitative estimate of drug-likeness (QED) is 0.621. The van der Waals surface area contributed by atoms with Crippen molar-refractivity contribution >= 4 is 23.1 Å². The van der Waals surface area contributed by atoms with E-state index in [2.05, 4.69) is 0 Å². The zero-order valence-electron chi connectivity index (χ0n) is 15.5. The molecule has 3 aromatic rings. The van der Waals surface area contributed by atoms with E-state index in [9.17, 15) is 9.90 Å². The second-order valence-electron chi connectivity index (χ2n) is 7.00. The Labute approximate surface area is 169 Å². The lowest BCUT2D eigenvalue weighted by molar-refractivity contribution is -0.130. The van der Waals surface area contributed by atoms with Crippen LogP contribution in [0.25, 0.3) is 5.57 Å². The second-order valence-corrected chi connectivity index (χ2v) is 7.44. The van der Waals surface area contributed by atoms with Gasteiger partial charge in [0, 0.05) is 17.1 Å². The van der Waals surface area contributed by atoms with Crippen LogP contribution in [0.4, 0.5) is 0 Å². The van der Waals surface area contributed by atoms with Gasteiger partial charge in [-0.25, -0.2) is 0 Å². The molecule has 1 heterocycles. The number of halogens is 1. The van der Waals surface area contributed by atoms with Crippen LogP contribution in [0.3, 0.4) is 0 Å². The minimum absolute atomic E-state index is 0.195. The second kappa shape index (κ2) is 7.53. The van der Waals surface area contributed by atoms with E-state index in [1.807, 2.05) is 85.8 Å². The molecule has 0 unspecified atom stereocenters. The Morgan fingerprint density at radius 3 is 2.21 bits per heavy atom. The summed E-state index contributed by atoms with van der Waals surface area (Å²) in [6.07, 6.45) is 0. The van der Waals surface area contributed by atoms with Crippen LogP contribution in [-0.4, -0.2) is 15.9 Å². The van der Waals surface area contributed by atoms with Gasteiger partial charge in [-0.05, 0) is 35.7 Å². The molecule has 1 N–H and O–H groups in total. The molecule has 1 aliphatic rings. The van der Waals surface area contributed by atoms with Gasteiger partial charge in [0.25, 0.3) is 5.91 Å².